The Morgan fingerprint density at radius 3 is 2.85 bits per heavy atom. The minimum atomic E-state index is 0.225. The lowest BCUT2D eigenvalue weighted by molar-refractivity contribution is 0.174. The number of nitrogens with one attached hydrogen (secondary N) is 1. The Morgan fingerprint density at radius 2 is 2.00 bits per heavy atom. The number of anilines is 1. The van der Waals surface area contributed by atoms with Crippen LogP contribution in [0.2, 0.25) is 5.02 Å². The Bertz CT molecular complexity index is 664. The van der Waals surface area contributed by atoms with Crippen molar-refractivity contribution in [3.8, 4) is 11.5 Å². The molecule has 0 spiro atoms. The standard InChI is InChI=1S/C14H10Br2ClNO2/c15-9-1-2-10(16)12(5-9)18-6-8-3-11(17)14-13(4-8)19-7-20-14/h1-5,18H,6-7H2. The molecule has 20 heavy (non-hydrogen) atoms. The molecular weight excluding hydrogens is 409 g/mol. The molecule has 0 fully saturated rings. The predicted molar refractivity (Wildman–Crippen MR) is 86.7 cm³/mol. The zero-order chi connectivity index (χ0) is 14.1. The van der Waals surface area contributed by atoms with Crippen LogP contribution in [0.15, 0.2) is 39.3 Å². The van der Waals surface area contributed by atoms with Crippen molar-refractivity contribution < 1.29 is 9.47 Å². The van der Waals surface area contributed by atoms with E-state index in [0.29, 0.717) is 23.1 Å². The first-order chi connectivity index (χ1) is 9.63. The first-order valence-corrected chi connectivity index (χ1v) is 7.87. The van der Waals surface area contributed by atoms with Gasteiger partial charge in [0, 0.05) is 21.2 Å². The highest BCUT2D eigenvalue weighted by Gasteiger charge is 2.18. The molecule has 104 valence electrons. The normalized spacial score (nSPS) is 12.6. The second-order valence-corrected chi connectivity index (χ2v) is 6.47. The number of ether oxygens (including phenoxy) is 2. The summed E-state index contributed by atoms with van der Waals surface area (Å²) in [7, 11) is 0. The van der Waals surface area contributed by atoms with Gasteiger partial charge in [-0.25, -0.2) is 0 Å². The molecule has 2 aromatic carbocycles. The fourth-order valence-electron chi connectivity index (χ4n) is 1.95. The van der Waals surface area contributed by atoms with Gasteiger partial charge in [0.1, 0.15) is 0 Å². The van der Waals surface area contributed by atoms with E-state index in [-0.39, 0.29) is 6.79 Å². The molecule has 0 atom stereocenters. The van der Waals surface area contributed by atoms with E-state index in [0.717, 1.165) is 20.2 Å². The van der Waals surface area contributed by atoms with Crippen molar-refractivity contribution in [1.29, 1.82) is 0 Å². The molecule has 3 rings (SSSR count). The summed E-state index contributed by atoms with van der Waals surface area (Å²) in [6, 6.07) is 9.80. The average Bonchev–Trinajstić information content (AvgIpc) is 2.89. The van der Waals surface area contributed by atoms with Crippen molar-refractivity contribution in [2.75, 3.05) is 12.1 Å². The molecule has 1 N–H and O–H groups in total. The largest absolute Gasteiger partial charge is 0.454 e. The van der Waals surface area contributed by atoms with Crippen LogP contribution in [0.5, 0.6) is 11.5 Å². The predicted octanol–water partition coefficient (Wildman–Crippen LogP) is 5.21. The number of fused-ring (bicyclic) bond motifs is 1. The average molecular weight is 420 g/mol. The lowest BCUT2D eigenvalue weighted by Gasteiger charge is -2.10. The van der Waals surface area contributed by atoms with Gasteiger partial charge >= 0.3 is 0 Å². The molecule has 1 aliphatic heterocycles. The summed E-state index contributed by atoms with van der Waals surface area (Å²) in [6.45, 7) is 0.870. The Hall–Kier alpha value is -0.910. The molecule has 0 radical (unpaired) electrons. The summed E-state index contributed by atoms with van der Waals surface area (Å²) in [6.07, 6.45) is 0. The fraction of sp³-hybridized carbons (Fsp3) is 0.143. The minimum absolute atomic E-state index is 0.225. The molecule has 1 aliphatic rings. The van der Waals surface area contributed by atoms with Crippen molar-refractivity contribution >= 4 is 49.1 Å². The molecule has 0 saturated carbocycles. The Balaban J connectivity index is 1.79. The van der Waals surface area contributed by atoms with Gasteiger partial charge in [-0.1, -0.05) is 27.5 Å². The second-order valence-electron chi connectivity index (χ2n) is 4.29. The lowest BCUT2D eigenvalue weighted by atomic mass is 10.2. The third-order valence-corrected chi connectivity index (χ3v) is 4.36. The number of hydrogen-bond acceptors (Lipinski definition) is 3. The molecule has 0 unspecified atom stereocenters. The Kier molecular flexibility index (Phi) is 4.10. The van der Waals surface area contributed by atoms with Gasteiger partial charge < -0.3 is 14.8 Å². The fourth-order valence-corrected chi connectivity index (χ4v) is 2.99. The maximum atomic E-state index is 6.16. The van der Waals surface area contributed by atoms with E-state index in [1.54, 1.807) is 0 Å². The monoisotopic (exact) mass is 417 g/mol. The van der Waals surface area contributed by atoms with Gasteiger partial charge in [0.2, 0.25) is 6.79 Å². The van der Waals surface area contributed by atoms with Crippen LogP contribution in [0.25, 0.3) is 0 Å². The van der Waals surface area contributed by atoms with Crippen LogP contribution >= 0.6 is 43.5 Å². The first kappa shape index (κ1) is 14.0. The van der Waals surface area contributed by atoms with Gasteiger partial charge in [-0.05, 0) is 51.8 Å². The van der Waals surface area contributed by atoms with Crippen molar-refractivity contribution in [2.24, 2.45) is 0 Å². The van der Waals surface area contributed by atoms with E-state index in [9.17, 15) is 0 Å². The third-order valence-electron chi connectivity index (χ3n) is 2.90. The van der Waals surface area contributed by atoms with Crippen LogP contribution < -0.4 is 14.8 Å². The number of benzene rings is 2. The van der Waals surface area contributed by atoms with Crippen molar-refractivity contribution in [2.45, 2.75) is 6.54 Å². The van der Waals surface area contributed by atoms with Crippen LogP contribution in [0, 0.1) is 0 Å². The molecule has 0 amide bonds. The van der Waals surface area contributed by atoms with E-state index in [1.165, 1.54) is 0 Å². The molecular formula is C14H10Br2ClNO2. The maximum absolute atomic E-state index is 6.16. The van der Waals surface area contributed by atoms with Crippen LogP contribution in [0.4, 0.5) is 5.69 Å². The zero-order valence-electron chi connectivity index (χ0n) is 10.3. The van der Waals surface area contributed by atoms with E-state index in [4.69, 9.17) is 21.1 Å². The Morgan fingerprint density at radius 1 is 1.15 bits per heavy atom. The van der Waals surface area contributed by atoms with Crippen LogP contribution in [-0.4, -0.2) is 6.79 Å². The highest BCUT2D eigenvalue weighted by Crippen LogP contribution is 2.40. The maximum Gasteiger partial charge on any atom is 0.231 e. The highest BCUT2D eigenvalue weighted by atomic mass is 79.9. The minimum Gasteiger partial charge on any atom is -0.454 e. The molecule has 0 bridgehead atoms. The smallest absolute Gasteiger partial charge is 0.231 e. The van der Waals surface area contributed by atoms with E-state index >= 15 is 0 Å². The molecule has 6 heteroatoms. The SMILES string of the molecule is Clc1cc(CNc2cc(Br)ccc2Br)cc2c1OCO2. The van der Waals surface area contributed by atoms with E-state index in [1.807, 2.05) is 30.3 Å². The zero-order valence-corrected chi connectivity index (χ0v) is 14.2. The number of hydrogen-bond donors (Lipinski definition) is 1. The van der Waals surface area contributed by atoms with Gasteiger partial charge in [-0.2, -0.15) is 0 Å². The Labute approximate surface area is 138 Å². The van der Waals surface area contributed by atoms with Crippen molar-refractivity contribution in [1.82, 2.24) is 0 Å². The highest BCUT2D eigenvalue weighted by molar-refractivity contribution is 9.11. The summed E-state index contributed by atoms with van der Waals surface area (Å²) in [4.78, 5) is 0. The van der Waals surface area contributed by atoms with Gasteiger partial charge in [-0.15, -0.1) is 0 Å². The summed E-state index contributed by atoms with van der Waals surface area (Å²) < 4.78 is 12.7. The quantitative estimate of drug-likeness (QED) is 0.741. The lowest BCUT2D eigenvalue weighted by Crippen LogP contribution is -2.00. The van der Waals surface area contributed by atoms with Gasteiger partial charge in [0.15, 0.2) is 11.5 Å². The van der Waals surface area contributed by atoms with Crippen molar-refractivity contribution in [3.05, 3.63) is 49.9 Å². The molecule has 2 aromatic rings. The molecule has 1 heterocycles. The first-order valence-electron chi connectivity index (χ1n) is 5.90. The van der Waals surface area contributed by atoms with E-state index in [2.05, 4.69) is 37.2 Å². The van der Waals surface area contributed by atoms with Gasteiger partial charge in [0.25, 0.3) is 0 Å². The van der Waals surface area contributed by atoms with Gasteiger partial charge in [-0.3, -0.25) is 0 Å². The number of rotatable bonds is 3. The van der Waals surface area contributed by atoms with Gasteiger partial charge in [0.05, 0.1) is 5.02 Å². The molecule has 0 aliphatic carbocycles. The summed E-state index contributed by atoms with van der Waals surface area (Å²) in [5.41, 5.74) is 2.04. The van der Waals surface area contributed by atoms with E-state index < -0.39 is 0 Å². The van der Waals surface area contributed by atoms with Crippen LogP contribution in [0.1, 0.15) is 5.56 Å². The summed E-state index contributed by atoms with van der Waals surface area (Å²) in [5, 5.41) is 3.93. The topological polar surface area (TPSA) is 30.5 Å². The molecule has 3 nitrogen and oxygen atoms in total. The number of halogens is 3. The van der Waals surface area contributed by atoms with Crippen LogP contribution in [-0.2, 0) is 6.54 Å². The molecule has 0 aromatic heterocycles. The van der Waals surface area contributed by atoms with Crippen LogP contribution in [0.3, 0.4) is 0 Å². The summed E-state index contributed by atoms with van der Waals surface area (Å²) >= 11 is 13.1. The van der Waals surface area contributed by atoms with Crippen molar-refractivity contribution in [3.63, 3.8) is 0 Å². The summed E-state index contributed by atoms with van der Waals surface area (Å²) in [5.74, 6) is 1.32. The molecule has 0 saturated heterocycles. The third kappa shape index (κ3) is 2.90. The second kappa shape index (κ2) is 5.84.